The van der Waals surface area contributed by atoms with Crippen molar-refractivity contribution in [2.75, 3.05) is 0 Å². The molecule has 4 fully saturated rings. The van der Waals surface area contributed by atoms with Crippen molar-refractivity contribution in [3.63, 3.8) is 0 Å². The van der Waals surface area contributed by atoms with E-state index in [1.165, 1.54) is 38.5 Å². The largest absolute Gasteiger partial charge is 0.463 e. The summed E-state index contributed by atoms with van der Waals surface area (Å²) < 4.78 is 5.56. The third-order valence-electron chi connectivity index (χ3n) is 9.11. The van der Waals surface area contributed by atoms with E-state index in [1.54, 1.807) is 6.92 Å². The quantitative estimate of drug-likeness (QED) is 0.622. The van der Waals surface area contributed by atoms with Crippen LogP contribution in [-0.2, 0) is 9.53 Å². The summed E-state index contributed by atoms with van der Waals surface area (Å²) in [6.07, 6.45) is 11.0. The Balaban J connectivity index is 1.54. The predicted molar refractivity (Wildman–Crippen MR) is 96.4 cm³/mol. The van der Waals surface area contributed by atoms with Gasteiger partial charge in [-0.2, -0.15) is 5.26 Å². The van der Waals surface area contributed by atoms with Crippen LogP contribution in [0.15, 0.2) is 0 Å². The van der Waals surface area contributed by atoms with Crippen LogP contribution < -0.4 is 0 Å². The van der Waals surface area contributed by atoms with Crippen molar-refractivity contribution in [2.45, 2.75) is 84.7 Å². The molecule has 0 aromatic rings. The average molecular weight is 344 g/mol. The molecule has 4 aliphatic rings. The molecule has 4 saturated carbocycles. The van der Waals surface area contributed by atoms with E-state index >= 15 is 0 Å². The van der Waals surface area contributed by atoms with Crippen molar-refractivity contribution in [2.24, 2.45) is 40.4 Å². The lowest BCUT2D eigenvalue weighted by Gasteiger charge is -2.60. The summed E-state index contributed by atoms with van der Waals surface area (Å²) in [5, 5.41) is 9.61. The first-order chi connectivity index (χ1) is 11.9. The van der Waals surface area contributed by atoms with Crippen LogP contribution >= 0.6 is 0 Å². The highest BCUT2D eigenvalue weighted by Gasteiger charge is 2.60. The number of rotatable bonds is 1. The van der Waals surface area contributed by atoms with E-state index in [9.17, 15) is 10.1 Å². The maximum Gasteiger partial charge on any atom is 0.302 e. The molecule has 0 aromatic carbocycles. The van der Waals surface area contributed by atoms with Gasteiger partial charge in [-0.15, -0.1) is 0 Å². The molecule has 0 bridgehead atoms. The number of hydrogen-bond acceptors (Lipinski definition) is 3. The van der Waals surface area contributed by atoms with Crippen LogP contribution in [0.3, 0.4) is 0 Å². The van der Waals surface area contributed by atoms with Crippen LogP contribution in [0.2, 0.25) is 0 Å². The van der Waals surface area contributed by atoms with E-state index in [-0.39, 0.29) is 23.4 Å². The number of nitrogens with zero attached hydrogens (tertiary/aromatic N) is 1. The Morgan fingerprint density at radius 1 is 1.00 bits per heavy atom. The molecule has 138 valence electrons. The van der Waals surface area contributed by atoms with Gasteiger partial charge in [-0.25, -0.2) is 0 Å². The fraction of sp³-hybridized carbons (Fsp3) is 0.909. The number of esters is 1. The maximum atomic E-state index is 11.4. The topological polar surface area (TPSA) is 50.1 Å². The highest BCUT2D eigenvalue weighted by molar-refractivity contribution is 5.66. The summed E-state index contributed by atoms with van der Waals surface area (Å²) in [6, 6.07) is 2.64. The van der Waals surface area contributed by atoms with Crippen LogP contribution in [0.1, 0.15) is 78.6 Å². The van der Waals surface area contributed by atoms with E-state index < -0.39 is 0 Å². The van der Waals surface area contributed by atoms with Crippen LogP contribution in [0, 0.1) is 51.8 Å². The highest BCUT2D eigenvalue weighted by atomic mass is 16.5. The Hall–Kier alpha value is -1.04. The van der Waals surface area contributed by atoms with Gasteiger partial charge >= 0.3 is 5.97 Å². The van der Waals surface area contributed by atoms with Gasteiger partial charge in [-0.3, -0.25) is 4.79 Å². The zero-order chi connectivity index (χ0) is 17.8. The zero-order valence-corrected chi connectivity index (χ0v) is 16.1. The second kappa shape index (κ2) is 6.00. The van der Waals surface area contributed by atoms with E-state index in [4.69, 9.17) is 4.74 Å². The molecule has 0 heterocycles. The molecule has 3 nitrogen and oxygen atoms in total. The normalized spacial score (nSPS) is 51.6. The average Bonchev–Trinajstić information content (AvgIpc) is 2.91. The second-order valence-electron chi connectivity index (χ2n) is 9.97. The van der Waals surface area contributed by atoms with Crippen molar-refractivity contribution >= 4 is 5.97 Å². The number of carbonyl (C=O) groups excluding carboxylic acids is 1. The van der Waals surface area contributed by atoms with Crippen LogP contribution in [0.4, 0.5) is 0 Å². The first kappa shape index (κ1) is 17.4. The van der Waals surface area contributed by atoms with Gasteiger partial charge in [-0.1, -0.05) is 13.8 Å². The monoisotopic (exact) mass is 343 g/mol. The molecule has 0 spiro atoms. The minimum Gasteiger partial charge on any atom is -0.463 e. The van der Waals surface area contributed by atoms with E-state index in [2.05, 4.69) is 19.9 Å². The Bertz CT molecular complexity index is 595. The van der Waals surface area contributed by atoms with Crippen molar-refractivity contribution in [1.29, 1.82) is 5.26 Å². The van der Waals surface area contributed by atoms with Crippen LogP contribution in [-0.4, -0.2) is 12.1 Å². The molecular formula is C22H33NO2. The third-order valence-corrected chi connectivity index (χ3v) is 9.11. The highest BCUT2D eigenvalue weighted by Crippen LogP contribution is 2.67. The van der Waals surface area contributed by atoms with Crippen molar-refractivity contribution in [3.05, 3.63) is 0 Å². The lowest BCUT2D eigenvalue weighted by Crippen LogP contribution is -2.54. The molecule has 3 heteroatoms. The lowest BCUT2D eigenvalue weighted by atomic mass is 9.44. The summed E-state index contributed by atoms with van der Waals surface area (Å²) in [4.78, 5) is 11.4. The molecule has 1 unspecified atom stereocenters. The second-order valence-corrected chi connectivity index (χ2v) is 9.97. The fourth-order valence-electron chi connectivity index (χ4n) is 7.77. The van der Waals surface area contributed by atoms with Gasteiger partial charge in [0.1, 0.15) is 6.10 Å². The Morgan fingerprint density at radius 2 is 1.72 bits per heavy atom. The van der Waals surface area contributed by atoms with Gasteiger partial charge in [0.2, 0.25) is 0 Å². The van der Waals surface area contributed by atoms with Gasteiger partial charge in [0.15, 0.2) is 0 Å². The van der Waals surface area contributed by atoms with Gasteiger partial charge in [0.25, 0.3) is 0 Å². The smallest absolute Gasteiger partial charge is 0.302 e. The standard InChI is InChI=1S/C22H33NO2/c1-14(24)25-17-8-10-21(2)15(12-17)4-6-18-19-7-5-16(13-23)22(19,3)11-9-20(18)21/h15-20H,4-12H2,1-3H3/t15-,16?,17+,18-,19-,20-,21-,22+/m1/s1. The first-order valence-corrected chi connectivity index (χ1v) is 10.5. The molecule has 0 amide bonds. The Labute approximate surface area is 152 Å². The zero-order valence-electron chi connectivity index (χ0n) is 16.1. The summed E-state index contributed by atoms with van der Waals surface area (Å²) in [5.74, 6) is 3.28. The van der Waals surface area contributed by atoms with Gasteiger partial charge in [0, 0.05) is 6.92 Å². The number of hydrogen-bond donors (Lipinski definition) is 0. The molecule has 25 heavy (non-hydrogen) atoms. The molecule has 4 rings (SSSR count). The number of fused-ring (bicyclic) bond motifs is 5. The first-order valence-electron chi connectivity index (χ1n) is 10.5. The van der Waals surface area contributed by atoms with Gasteiger partial charge in [-0.05, 0) is 92.3 Å². The lowest BCUT2D eigenvalue weighted by molar-refractivity contribution is -0.159. The SMILES string of the molecule is CC(=O)O[C@H]1CC[C@]2(C)[C@H](CC[C@H]3[C@H]2CC[C@@]2(C)C(C#N)CC[C@H]32)C1. The summed E-state index contributed by atoms with van der Waals surface area (Å²) >= 11 is 0. The van der Waals surface area contributed by atoms with Crippen molar-refractivity contribution in [1.82, 2.24) is 0 Å². The van der Waals surface area contributed by atoms with Crippen LogP contribution in [0.25, 0.3) is 0 Å². The van der Waals surface area contributed by atoms with Gasteiger partial charge < -0.3 is 4.74 Å². The molecule has 4 aliphatic carbocycles. The summed E-state index contributed by atoms with van der Waals surface area (Å²) in [5.41, 5.74) is 0.694. The molecule has 8 atom stereocenters. The molecule has 0 radical (unpaired) electrons. The van der Waals surface area contributed by atoms with E-state index in [0.717, 1.165) is 37.0 Å². The summed E-state index contributed by atoms with van der Waals surface area (Å²) in [6.45, 7) is 6.50. The maximum absolute atomic E-state index is 11.4. The van der Waals surface area contributed by atoms with E-state index in [1.807, 2.05) is 0 Å². The molecule has 0 N–H and O–H groups in total. The molecule has 0 saturated heterocycles. The Kier molecular flexibility index (Phi) is 4.17. The fourth-order valence-corrected chi connectivity index (χ4v) is 7.77. The number of carbonyl (C=O) groups is 1. The summed E-state index contributed by atoms with van der Waals surface area (Å²) in [7, 11) is 0. The van der Waals surface area contributed by atoms with E-state index in [0.29, 0.717) is 11.3 Å². The predicted octanol–water partition coefficient (Wildman–Crippen LogP) is 5.10. The number of ether oxygens (including phenoxy) is 1. The minimum absolute atomic E-state index is 0.121. The molecular weight excluding hydrogens is 310 g/mol. The van der Waals surface area contributed by atoms with Crippen LogP contribution in [0.5, 0.6) is 0 Å². The Morgan fingerprint density at radius 3 is 2.44 bits per heavy atom. The van der Waals surface area contributed by atoms with Crippen molar-refractivity contribution < 1.29 is 9.53 Å². The number of nitriles is 1. The minimum atomic E-state index is -0.121. The van der Waals surface area contributed by atoms with Crippen molar-refractivity contribution in [3.8, 4) is 6.07 Å². The third kappa shape index (κ3) is 2.54. The molecule has 0 aromatic heterocycles. The van der Waals surface area contributed by atoms with Gasteiger partial charge in [0.05, 0.1) is 12.0 Å². The molecule has 0 aliphatic heterocycles.